The van der Waals surface area contributed by atoms with Crippen LogP contribution in [-0.2, 0) is 9.47 Å². The highest BCUT2D eigenvalue weighted by atomic mass is 16.7. The van der Waals surface area contributed by atoms with E-state index in [-0.39, 0.29) is 5.54 Å². The van der Waals surface area contributed by atoms with Gasteiger partial charge >= 0.3 is 6.16 Å². The second kappa shape index (κ2) is 6.98. The molecule has 0 bridgehead atoms. The van der Waals surface area contributed by atoms with E-state index in [0.29, 0.717) is 12.5 Å². The molecule has 0 aromatic carbocycles. The van der Waals surface area contributed by atoms with E-state index in [2.05, 4.69) is 19.2 Å². The van der Waals surface area contributed by atoms with E-state index >= 15 is 0 Å². The predicted molar refractivity (Wildman–Crippen MR) is 73.7 cm³/mol. The molecule has 1 N–H and O–H groups in total. The Morgan fingerprint density at radius 3 is 2.17 bits per heavy atom. The average Bonchev–Trinajstić information content (AvgIpc) is 2.11. The van der Waals surface area contributed by atoms with Crippen LogP contribution < -0.4 is 5.32 Å². The predicted octanol–water partition coefficient (Wildman–Crippen LogP) is 3.35. The van der Waals surface area contributed by atoms with Gasteiger partial charge in [0.25, 0.3) is 0 Å². The molecule has 0 atom stereocenters. The van der Waals surface area contributed by atoms with E-state index < -0.39 is 11.8 Å². The van der Waals surface area contributed by atoms with Crippen LogP contribution in [0, 0.1) is 5.92 Å². The molecule has 0 aromatic rings. The maximum Gasteiger partial charge on any atom is 0.508 e. The summed E-state index contributed by atoms with van der Waals surface area (Å²) in [4.78, 5) is 11.4. The third-order valence-electron chi connectivity index (χ3n) is 2.27. The van der Waals surface area contributed by atoms with E-state index in [0.717, 1.165) is 13.0 Å². The van der Waals surface area contributed by atoms with Crippen molar-refractivity contribution in [2.45, 2.75) is 66.0 Å². The van der Waals surface area contributed by atoms with Gasteiger partial charge in [-0.2, -0.15) is 0 Å². The Balaban J connectivity index is 3.92. The van der Waals surface area contributed by atoms with Crippen LogP contribution in [0.4, 0.5) is 4.79 Å². The molecule has 0 fully saturated rings. The summed E-state index contributed by atoms with van der Waals surface area (Å²) >= 11 is 0. The van der Waals surface area contributed by atoms with Crippen molar-refractivity contribution >= 4 is 6.16 Å². The molecule has 4 heteroatoms. The molecule has 4 nitrogen and oxygen atoms in total. The van der Waals surface area contributed by atoms with Crippen LogP contribution in [-0.4, -0.2) is 30.4 Å². The Labute approximate surface area is 111 Å². The van der Waals surface area contributed by atoms with Crippen LogP contribution >= 0.6 is 0 Å². The van der Waals surface area contributed by atoms with Crippen molar-refractivity contribution < 1.29 is 14.3 Å². The maximum absolute atomic E-state index is 11.4. The first-order chi connectivity index (χ1) is 8.02. The molecule has 0 rings (SSSR count). The highest BCUT2D eigenvalue weighted by Gasteiger charge is 2.22. The number of carbonyl (C=O) groups is 1. The van der Waals surface area contributed by atoms with Crippen LogP contribution in [0.15, 0.2) is 0 Å². The Morgan fingerprint density at radius 2 is 1.72 bits per heavy atom. The topological polar surface area (TPSA) is 47.6 Å². The van der Waals surface area contributed by atoms with E-state index in [1.165, 1.54) is 0 Å². The van der Waals surface area contributed by atoms with Gasteiger partial charge in [-0.1, -0.05) is 13.8 Å². The van der Waals surface area contributed by atoms with Crippen molar-refractivity contribution in [2.24, 2.45) is 5.92 Å². The van der Waals surface area contributed by atoms with Gasteiger partial charge in [-0.3, -0.25) is 0 Å². The lowest BCUT2D eigenvalue weighted by Crippen LogP contribution is -2.45. The van der Waals surface area contributed by atoms with Crippen molar-refractivity contribution in [3.05, 3.63) is 0 Å². The fourth-order valence-electron chi connectivity index (χ4n) is 1.27. The number of nitrogens with one attached hydrogen (secondary N) is 1. The number of hydrogen-bond acceptors (Lipinski definition) is 4. The smallest absolute Gasteiger partial charge is 0.432 e. The Morgan fingerprint density at radius 1 is 1.17 bits per heavy atom. The minimum Gasteiger partial charge on any atom is -0.432 e. The number of carbonyl (C=O) groups excluding carboxylic acids is 1. The van der Waals surface area contributed by atoms with Crippen molar-refractivity contribution in [3.8, 4) is 0 Å². The summed E-state index contributed by atoms with van der Waals surface area (Å²) in [5.41, 5.74) is -0.738. The van der Waals surface area contributed by atoms with E-state index in [1.807, 2.05) is 34.6 Å². The van der Waals surface area contributed by atoms with Crippen molar-refractivity contribution in [1.82, 2.24) is 5.32 Å². The lowest BCUT2D eigenvalue weighted by atomic mass is 10.1. The first kappa shape index (κ1) is 17.2. The average molecular weight is 259 g/mol. The zero-order chi connectivity index (χ0) is 14.4. The van der Waals surface area contributed by atoms with Gasteiger partial charge in [-0.25, -0.2) is 4.79 Å². The molecule has 0 aliphatic rings. The first-order valence-electron chi connectivity index (χ1n) is 6.63. The molecule has 0 aromatic heterocycles. The molecule has 0 amide bonds. The molecular weight excluding hydrogens is 230 g/mol. The van der Waals surface area contributed by atoms with Crippen LogP contribution in [0.3, 0.4) is 0 Å². The Kier molecular flexibility index (Phi) is 6.68. The lowest BCUT2D eigenvalue weighted by Gasteiger charge is -2.27. The molecule has 0 heterocycles. The van der Waals surface area contributed by atoms with Crippen molar-refractivity contribution in [3.63, 3.8) is 0 Å². The number of ether oxygens (including phenoxy) is 2. The van der Waals surface area contributed by atoms with E-state index in [4.69, 9.17) is 9.47 Å². The van der Waals surface area contributed by atoms with Gasteiger partial charge < -0.3 is 14.8 Å². The fourth-order valence-corrected chi connectivity index (χ4v) is 1.27. The minimum atomic E-state index is -0.610. The second-order valence-corrected chi connectivity index (χ2v) is 6.75. The molecule has 0 aliphatic carbocycles. The largest absolute Gasteiger partial charge is 0.508 e. The van der Waals surface area contributed by atoms with E-state index in [9.17, 15) is 4.79 Å². The third-order valence-corrected chi connectivity index (χ3v) is 2.27. The van der Waals surface area contributed by atoms with Gasteiger partial charge in [-0.15, -0.1) is 0 Å². The number of rotatable bonds is 6. The van der Waals surface area contributed by atoms with Gasteiger partial charge in [0.1, 0.15) is 12.2 Å². The van der Waals surface area contributed by atoms with Gasteiger partial charge in [0, 0.05) is 5.54 Å². The summed E-state index contributed by atoms with van der Waals surface area (Å²) in [7, 11) is 0. The fraction of sp³-hybridized carbons (Fsp3) is 0.929. The van der Waals surface area contributed by atoms with E-state index in [1.54, 1.807) is 0 Å². The molecule has 0 saturated carbocycles. The zero-order valence-corrected chi connectivity index (χ0v) is 12.9. The summed E-state index contributed by atoms with van der Waals surface area (Å²) < 4.78 is 10.2. The normalized spacial score (nSPS) is 12.7. The van der Waals surface area contributed by atoms with Gasteiger partial charge in [0.2, 0.25) is 0 Å². The summed E-state index contributed by atoms with van der Waals surface area (Å²) in [6.07, 6.45) is 0.497. The minimum absolute atomic E-state index is 0.230. The summed E-state index contributed by atoms with van der Waals surface area (Å²) in [5.74, 6) is 0.667. The Bertz CT molecular complexity index is 254. The summed E-state index contributed by atoms with van der Waals surface area (Å²) in [5, 5.41) is 3.38. The number of hydrogen-bond donors (Lipinski definition) is 1. The first-order valence-corrected chi connectivity index (χ1v) is 6.63. The highest BCUT2D eigenvalue weighted by Crippen LogP contribution is 2.10. The van der Waals surface area contributed by atoms with Crippen LogP contribution in [0.2, 0.25) is 0 Å². The van der Waals surface area contributed by atoms with Crippen LogP contribution in [0.1, 0.15) is 54.9 Å². The molecule has 0 unspecified atom stereocenters. The quantitative estimate of drug-likeness (QED) is 0.743. The molecule has 108 valence electrons. The standard InChI is InChI=1S/C14H29NO3/c1-11(2)8-9-15-14(6,7)10-17-12(16)18-13(3,4)5/h11,15H,8-10H2,1-7H3. The van der Waals surface area contributed by atoms with Gasteiger partial charge in [0.15, 0.2) is 0 Å². The molecule has 18 heavy (non-hydrogen) atoms. The summed E-state index contributed by atoms with van der Waals surface area (Å²) in [6.45, 7) is 15.1. The molecule has 0 saturated heterocycles. The van der Waals surface area contributed by atoms with Crippen LogP contribution in [0.25, 0.3) is 0 Å². The van der Waals surface area contributed by atoms with Crippen molar-refractivity contribution in [2.75, 3.05) is 13.2 Å². The summed E-state index contributed by atoms with van der Waals surface area (Å²) in [6, 6.07) is 0. The Hall–Kier alpha value is -0.770. The highest BCUT2D eigenvalue weighted by molar-refractivity contribution is 5.60. The lowest BCUT2D eigenvalue weighted by molar-refractivity contribution is -0.0161. The second-order valence-electron chi connectivity index (χ2n) is 6.75. The molecule has 0 spiro atoms. The third kappa shape index (κ3) is 10.4. The molecular formula is C14H29NO3. The zero-order valence-electron chi connectivity index (χ0n) is 12.9. The maximum atomic E-state index is 11.4. The SMILES string of the molecule is CC(C)CCNC(C)(C)COC(=O)OC(C)(C)C. The van der Waals surface area contributed by atoms with Crippen LogP contribution in [0.5, 0.6) is 0 Å². The molecule has 0 radical (unpaired) electrons. The van der Waals surface area contributed by atoms with Gasteiger partial charge in [-0.05, 0) is 53.5 Å². The molecule has 0 aliphatic heterocycles. The van der Waals surface area contributed by atoms with Gasteiger partial charge in [0.05, 0.1) is 0 Å². The van der Waals surface area contributed by atoms with Crippen molar-refractivity contribution in [1.29, 1.82) is 0 Å². The monoisotopic (exact) mass is 259 g/mol.